The molecule has 4 rings (SSSR count). The fourth-order valence-corrected chi connectivity index (χ4v) is 2.84. The number of para-hydroxylation sites is 2. The summed E-state index contributed by atoms with van der Waals surface area (Å²) in [5.41, 5.74) is 10.8. The highest BCUT2D eigenvalue weighted by atomic mass is 15.4. The van der Waals surface area contributed by atoms with Crippen LogP contribution in [0.1, 0.15) is 11.1 Å². The predicted octanol–water partition coefficient (Wildman–Crippen LogP) is 4.66. The Morgan fingerprint density at radius 2 is 1.52 bits per heavy atom. The zero-order chi connectivity index (χ0) is 16.9. The van der Waals surface area contributed by atoms with Crippen LogP contribution in [0, 0.1) is 0 Å². The summed E-state index contributed by atoms with van der Waals surface area (Å²) >= 11 is 0. The summed E-state index contributed by atoms with van der Waals surface area (Å²) in [6, 6.07) is 24.4. The average Bonchev–Trinajstić information content (AvgIpc) is 2.68. The molecule has 0 bridgehead atoms. The summed E-state index contributed by atoms with van der Waals surface area (Å²) in [7, 11) is 0. The minimum Gasteiger partial charge on any atom is -0.300 e. The van der Waals surface area contributed by atoms with E-state index in [1.54, 1.807) is 0 Å². The Morgan fingerprint density at radius 3 is 2.36 bits per heavy atom. The van der Waals surface area contributed by atoms with Gasteiger partial charge in [-0.1, -0.05) is 36.4 Å². The number of pyridine rings is 2. The molecule has 2 N–H and O–H groups in total. The summed E-state index contributed by atoms with van der Waals surface area (Å²) in [6.07, 6.45) is 4.50. The standard InChI is InChI=1S/C21H18N4/c1-2-6-18(7-3-1)24-25-21-15-17(14-16-10-12-22-13-11-16)19-8-4-5-9-20(19)23-21/h1-13,15,24H,14H2,(H,23,25). The van der Waals surface area contributed by atoms with Crippen LogP contribution in [-0.4, -0.2) is 9.97 Å². The smallest absolute Gasteiger partial charge is 0.145 e. The molecule has 2 aromatic heterocycles. The molecule has 0 aliphatic rings. The molecule has 122 valence electrons. The van der Waals surface area contributed by atoms with E-state index in [-0.39, 0.29) is 0 Å². The van der Waals surface area contributed by atoms with Gasteiger partial charge in [0.2, 0.25) is 0 Å². The maximum Gasteiger partial charge on any atom is 0.145 e. The number of fused-ring (bicyclic) bond motifs is 1. The van der Waals surface area contributed by atoms with E-state index in [0.717, 1.165) is 23.4 Å². The molecule has 25 heavy (non-hydrogen) atoms. The van der Waals surface area contributed by atoms with Crippen LogP contribution in [0.25, 0.3) is 10.9 Å². The van der Waals surface area contributed by atoms with E-state index in [9.17, 15) is 0 Å². The Labute approximate surface area is 146 Å². The van der Waals surface area contributed by atoms with E-state index >= 15 is 0 Å². The van der Waals surface area contributed by atoms with Crippen molar-refractivity contribution in [2.45, 2.75) is 6.42 Å². The fourth-order valence-electron chi connectivity index (χ4n) is 2.84. The summed E-state index contributed by atoms with van der Waals surface area (Å²) < 4.78 is 0. The zero-order valence-corrected chi connectivity index (χ0v) is 13.7. The fraction of sp³-hybridized carbons (Fsp3) is 0.0476. The van der Waals surface area contributed by atoms with E-state index < -0.39 is 0 Å². The number of aromatic nitrogens is 2. The van der Waals surface area contributed by atoms with Crippen LogP contribution >= 0.6 is 0 Å². The Bertz CT molecular complexity index is 969. The molecule has 4 nitrogen and oxygen atoms in total. The summed E-state index contributed by atoms with van der Waals surface area (Å²) in [6.45, 7) is 0. The summed E-state index contributed by atoms with van der Waals surface area (Å²) in [5.74, 6) is 0.798. The van der Waals surface area contributed by atoms with E-state index in [0.29, 0.717) is 0 Å². The highest BCUT2D eigenvalue weighted by molar-refractivity contribution is 5.84. The first-order chi connectivity index (χ1) is 12.4. The Balaban J connectivity index is 1.66. The molecule has 2 aromatic carbocycles. The lowest BCUT2D eigenvalue weighted by Gasteiger charge is -2.13. The number of hydrazine groups is 1. The van der Waals surface area contributed by atoms with Crippen LogP contribution in [0.2, 0.25) is 0 Å². The highest BCUT2D eigenvalue weighted by Crippen LogP contribution is 2.23. The van der Waals surface area contributed by atoms with E-state index in [1.165, 1.54) is 16.5 Å². The minimum absolute atomic E-state index is 0.798. The van der Waals surface area contributed by atoms with Crippen molar-refractivity contribution >= 4 is 22.4 Å². The van der Waals surface area contributed by atoms with Crippen molar-refractivity contribution in [1.29, 1.82) is 0 Å². The van der Waals surface area contributed by atoms with Gasteiger partial charge in [-0.3, -0.25) is 15.8 Å². The lowest BCUT2D eigenvalue weighted by Crippen LogP contribution is -2.10. The van der Waals surface area contributed by atoms with Crippen LogP contribution < -0.4 is 10.9 Å². The van der Waals surface area contributed by atoms with Crippen LogP contribution in [0.3, 0.4) is 0 Å². The van der Waals surface area contributed by atoms with E-state index in [2.05, 4.69) is 34.0 Å². The minimum atomic E-state index is 0.798. The lowest BCUT2D eigenvalue weighted by molar-refractivity contribution is 1.16. The zero-order valence-electron chi connectivity index (χ0n) is 13.7. The predicted molar refractivity (Wildman–Crippen MR) is 102 cm³/mol. The van der Waals surface area contributed by atoms with Crippen LogP contribution in [-0.2, 0) is 6.42 Å². The molecule has 0 atom stereocenters. The number of anilines is 2. The normalized spacial score (nSPS) is 10.6. The number of hydrogen-bond donors (Lipinski definition) is 2. The van der Waals surface area contributed by atoms with E-state index in [1.807, 2.05) is 67.0 Å². The van der Waals surface area contributed by atoms with Crippen molar-refractivity contribution in [3.63, 3.8) is 0 Å². The summed E-state index contributed by atoms with van der Waals surface area (Å²) in [4.78, 5) is 8.80. The van der Waals surface area contributed by atoms with Gasteiger partial charge in [0.25, 0.3) is 0 Å². The molecule has 0 unspecified atom stereocenters. The number of hydrogen-bond acceptors (Lipinski definition) is 4. The molecule has 0 spiro atoms. The lowest BCUT2D eigenvalue weighted by atomic mass is 10.0. The first kappa shape index (κ1) is 15.1. The Kier molecular flexibility index (Phi) is 4.25. The molecule has 0 aliphatic carbocycles. The largest absolute Gasteiger partial charge is 0.300 e. The van der Waals surface area contributed by atoms with Crippen LogP contribution in [0.15, 0.2) is 85.2 Å². The molecule has 4 aromatic rings. The van der Waals surface area contributed by atoms with Crippen LogP contribution in [0.4, 0.5) is 11.5 Å². The van der Waals surface area contributed by atoms with Gasteiger partial charge in [0, 0.05) is 17.8 Å². The number of benzene rings is 2. The second kappa shape index (κ2) is 7.01. The molecule has 4 heteroatoms. The molecular weight excluding hydrogens is 308 g/mol. The maximum atomic E-state index is 4.71. The van der Waals surface area contributed by atoms with Gasteiger partial charge in [0.05, 0.1) is 11.2 Å². The van der Waals surface area contributed by atoms with E-state index in [4.69, 9.17) is 4.98 Å². The molecule has 0 radical (unpaired) electrons. The topological polar surface area (TPSA) is 49.8 Å². The third-order valence-corrected chi connectivity index (χ3v) is 4.05. The van der Waals surface area contributed by atoms with Crippen molar-refractivity contribution in [1.82, 2.24) is 9.97 Å². The summed E-state index contributed by atoms with van der Waals surface area (Å²) in [5, 5.41) is 1.17. The number of nitrogens with zero attached hydrogens (tertiary/aromatic N) is 2. The first-order valence-corrected chi connectivity index (χ1v) is 8.23. The second-order valence-corrected chi connectivity index (χ2v) is 5.83. The molecule has 0 amide bonds. The van der Waals surface area contributed by atoms with Crippen molar-refractivity contribution < 1.29 is 0 Å². The second-order valence-electron chi connectivity index (χ2n) is 5.83. The van der Waals surface area contributed by atoms with Gasteiger partial charge in [-0.25, -0.2) is 4.98 Å². The average molecular weight is 326 g/mol. The highest BCUT2D eigenvalue weighted by Gasteiger charge is 2.06. The molecule has 0 fully saturated rings. The number of rotatable bonds is 5. The van der Waals surface area contributed by atoms with Crippen molar-refractivity contribution in [3.8, 4) is 0 Å². The maximum absolute atomic E-state index is 4.71. The van der Waals surface area contributed by atoms with Crippen LogP contribution in [0.5, 0.6) is 0 Å². The molecule has 2 heterocycles. The molecule has 0 aliphatic heterocycles. The molecule has 0 saturated heterocycles. The van der Waals surface area contributed by atoms with Gasteiger partial charge < -0.3 is 0 Å². The number of nitrogens with one attached hydrogen (secondary N) is 2. The monoisotopic (exact) mass is 326 g/mol. The van der Waals surface area contributed by atoms with Crippen molar-refractivity contribution in [2.75, 3.05) is 10.9 Å². The van der Waals surface area contributed by atoms with Gasteiger partial charge in [-0.05, 0) is 53.9 Å². The first-order valence-electron chi connectivity index (χ1n) is 8.23. The molecular formula is C21H18N4. The molecule has 0 saturated carbocycles. The quantitative estimate of drug-likeness (QED) is 0.524. The Hall–Kier alpha value is -3.40. The van der Waals surface area contributed by atoms with Crippen molar-refractivity contribution in [2.24, 2.45) is 0 Å². The third-order valence-electron chi connectivity index (χ3n) is 4.05. The van der Waals surface area contributed by atoms with Gasteiger partial charge >= 0.3 is 0 Å². The van der Waals surface area contributed by atoms with Gasteiger partial charge in [-0.15, -0.1) is 0 Å². The Morgan fingerprint density at radius 1 is 0.760 bits per heavy atom. The van der Waals surface area contributed by atoms with Gasteiger partial charge in [0.1, 0.15) is 5.82 Å². The van der Waals surface area contributed by atoms with Gasteiger partial charge in [0.15, 0.2) is 0 Å². The van der Waals surface area contributed by atoms with Crippen molar-refractivity contribution in [3.05, 3.63) is 96.3 Å². The van der Waals surface area contributed by atoms with Gasteiger partial charge in [-0.2, -0.15) is 0 Å². The SMILES string of the molecule is c1ccc(NNc2cc(Cc3ccncc3)c3ccccc3n2)cc1. The third kappa shape index (κ3) is 3.58.